The monoisotopic (exact) mass is 1060 g/mol. The van der Waals surface area contributed by atoms with E-state index in [0.29, 0.717) is 76.7 Å². The molecular weight excluding hydrogens is 1000 g/mol. The van der Waals surface area contributed by atoms with Crippen molar-refractivity contribution in [1.29, 1.82) is 0 Å². The maximum absolute atomic E-state index is 14.1. The average molecular weight is 1060 g/mol. The number of rotatable bonds is 17. The molecule has 4 N–H and O–H groups in total. The molecule has 0 aromatic heterocycles. The van der Waals surface area contributed by atoms with E-state index in [0.717, 1.165) is 34.6 Å². The zero-order valence-electron chi connectivity index (χ0n) is 43.4. The lowest BCUT2D eigenvalue weighted by atomic mass is 10.0. The Bertz CT molecular complexity index is 3240. The first-order valence-electron chi connectivity index (χ1n) is 25.6. The quantitative estimate of drug-likeness (QED) is 0.0873. The molecule has 21 heteroatoms. The van der Waals surface area contributed by atoms with Crippen molar-refractivity contribution in [3.63, 3.8) is 0 Å². The van der Waals surface area contributed by atoms with Crippen LogP contribution in [0, 0.1) is 0 Å². The third-order valence-corrected chi connectivity index (χ3v) is 14.2. The summed E-state index contributed by atoms with van der Waals surface area (Å²) in [5, 5.41) is 11.8. The lowest BCUT2D eigenvalue weighted by Gasteiger charge is -2.26. The zero-order valence-corrected chi connectivity index (χ0v) is 43.4. The van der Waals surface area contributed by atoms with Gasteiger partial charge in [0.15, 0.2) is 23.0 Å². The minimum absolute atomic E-state index is 0.0276. The molecule has 4 atom stereocenters. The molecule has 0 bridgehead atoms. The van der Waals surface area contributed by atoms with Gasteiger partial charge in [0.1, 0.15) is 32.0 Å². The number of para-hydroxylation sites is 2. The van der Waals surface area contributed by atoms with E-state index in [-0.39, 0.29) is 62.6 Å². The summed E-state index contributed by atoms with van der Waals surface area (Å²) in [5.41, 5.74) is 8.07. The predicted octanol–water partition coefficient (Wildman–Crippen LogP) is 5.22. The number of imide groups is 1. The topological polar surface area (TPSA) is 245 Å². The van der Waals surface area contributed by atoms with Gasteiger partial charge in [0.2, 0.25) is 11.8 Å². The second-order valence-electron chi connectivity index (χ2n) is 19.5. The lowest BCUT2D eigenvalue weighted by Crippen LogP contribution is -2.51. The van der Waals surface area contributed by atoms with Crippen LogP contribution in [0.4, 0.5) is 22.7 Å². The van der Waals surface area contributed by atoms with Crippen molar-refractivity contribution in [2.45, 2.75) is 89.9 Å². The van der Waals surface area contributed by atoms with Gasteiger partial charge in [0.25, 0.3) is 23.6 Å². The molecule has 5 aromatic carbocycles. The summed E-state index contributed by atoms with van der Waals surface area (Å²) >= 11 is 0. The van der Waals surface area contributed by atoms with E-state index in [4.69, 9.17) is 33.5 Å². The normalized spacial score (nSPS) is 17.7. The number of aliphatic imine (C=N–C) groups is 1. The number of anilines is 3. The van der Waals surface area contributed by atoms with Gasteiger partial charge >= 0.3 is 5.97 Å². The molecule has 1 saturated heterocycles. The van der Waals surface area contributed by atoms with Crippen LogP contribution in [0.15, 0.2) is 96.0 Å². The Labute approximate surface area is 449 Å². The maximum Gasteiger partial charge on any atom is 0.334 e. The van der Waals surface area contributed by atoms with Crippen LogP contribution >= 0.6 is 0 Å². The molecule has 5 aliphatic rings. The Hall–Kier alpha value is -8.98. The smallest absolute Gasteiger partial charge is 0.334 e. The summed E-state index contributed by atoms with van der Waals surface area (Å²) in [6.07, 6.45) is 2.82. The molecule has 0 aliphatic carbocycles. The van der Waals surface area contributed by atoms with Crippen molar-refractivity contribution in [2.75, 3.05) is 49.2 Å². The highest BCUT2D eigenvalue weighted by molar-refractivity contribution is 6.15. The molecule has 10 rings (SSSR count). The second-order valence-corrected chi connectivity index (χ2v) is 19.5. The number of fused-ring (bicyclic) bond motifs is 8. The summed E-state index contributed by atoms with van der Waals surface area (Å²) < 4.78 is 30.7. The van der Waals surface area contributed by atoms with Crippen LogP contribution in [0.5, 0.6) is 23.0 Å². The van der Waals surface area contributed by atoms with Gasteiger partial charge in [-0.1, -0.05) is 36.4 Å². The summed E-state index contributed by atoms with van der Waals surface area (Å²) in [6.45, 7) is 3.99. The molecule has 5 heterocycles. The van der Waals surface area contributed by atoms with E-state index in [1.165, 1.54) is 26.5 Å². The van der Waals surface area contributed by atoms with Gasteiger partial charge in [-0.15, -0.1) is 5.06 Å². The van der Waals surface area contributed by atoms with Crippen LogP contribution in [0.2, 0.25) is 0 Å². The highest BCUT2D eigenvalue weighted by Crippen LogP contribution is 2.42. The van der Waals surface area contributed by atoms with Crippen LogP contribution in [0.25, 0.3) is 0 Å². The van der Waals surface area contributed by atoms with Gasteiger partial charge in [0, 0.05) is 78.9 Å². The number of nitrogens with zero attached hydrogens (tertiary/aromatic N) is 4. The fourth-order valence-electron chi connectivity index (χ4n) is 10.1. The lowest BCUT2D eigenvalue weighted by molar-refractivity contribution is -0.197. The molecule has 6 amide bonds. The number of carbonyl (C=O) groups excluding carboxylic acids is 7. The number of amides is 6. The number of benzene rings is 5. The van der Waals surface area contributed by atoms with Crippen molar-refractivity contribution in [3.05, 3.63) is 130 Å². The molecule has 404 valence electrons. The first-order valence-corrected chi connectivity index (χ1v) is 25.6. The number of ether oxygens (including phenoxy) is 5. The summed E-state index contributed by atoms with van der Waals surface area (Å²) in [5.74, 6) is -2.79. The van der Waals surface area contributed by atoms with Crippen molar-refractivity contribution < 1.29 is 62.1 Å². The average Bonchev–Trinajstić information content (AvgIpc) is 4.28. The standard InChI is InChI=1S/C57H58N8O13/c1-32(54(69)58-16-15-53(68)78-65-51(66)13-14-52(65)67)61-55(70)33(2)62-56(71)38-18-34(28-76-49-24-43-39(22-47(49)73-3)30-75-31-63-40(26-59-43)20-36-9-5-7-11-45(36)63)17-35(19-38)29-77-50-25-44-42(23-48(50)74-4)57(72)64-41(27-60-44)21-37-10-6-8-12-46(37)64/h5-12,17-19,22-25,27,32-33,40-41,59H,13-16,20-21,26,28-31H2,1-4H3,(H,58,69)(H,61,70)(H,62,71)/t32-,33-,40-,41-/m0/s1. The van der Waals surface area contributed by atoms with E-state index in [2.05, 4.69) is 38.3 Å². The van der Waals surface area contributed by atoms with E-state index in [1.807, 2.05) is 54.6 Å². The molecule has 5 aromatic rings. The largest absolute Gasteiger partial charge is 0.493 e. The molecule has 0 radical (unpaired) electrons. The molecule has 78 heavy (non-hydrogen) atoms. The highest BCUT2D eigenvalue weighted by Gasteiger charge is 2.37. The summed E-state index contributed by atoms with van der Waals surface area (Å²) in [4.78, 5) is 104. The van der Waals surface area contributed by atoms with Crippen LogP contribution in [-0.4, -0.2) is 111 Å². The van der Waals surface area contributed by atoms with Gasteiger partial charge < -0.3 is 54.7 Å². The minimum atomic E-state index is -1.13. The number of nitrogens with one attached hydrogen (secondary N) is 4. The summed E-state index contributed by atoms with van der Waals surface area (Å²) in [6, 6.07) is 25.9. The van der Waals surface area contributed by atoms with Gasteiger partial charge in [0.05, 0.1) is 50.6 Å². The van der Waals surface area contributed by atoms with Crippen molar-refractivity contribution in [1.82, 2.24) is 21.0 Å². The maximum atomic E-state index is 14.1. The van der Waals surface area contributed by atoms with Crippen molar-refractivity contribution in [3.8, 4) is 23.0 Å². The Balaban J connectivity index is 0.845. The van der Waals surface area contributed by atoms with Crippen LogP contribution in [0.1, 0.15) is 81.6 Å². The number of hydrogen-bond acceptors (Lipinski definition) is 16. The van der Waals surface area contributed by atoms with Gasteiger partial charge in [-0.3, -0.25) is 38.7 Å². The van der Waals surface area contributed by atoms with E-state index < -0.39 is 47.6 Å². The van der Waals surface area contributed by atoms with Crippen LogP contribution in [-0.2, 0) is 66.2 Å². The van der Waals surface area contributed by atoms with Gasteiger partial charge in [-0.25, -0.2) is 4.79 Å². The molecule has 5 aliphatic heterocycles. The molecule has 0 saturated carbocycles. The first-order chi connectivity index (χ1) is 37.7. The Morgan fingerprint density at radius 1 is 0.744 bits per heavy atom. The first kappa shape index (κ1) is 52.5. The number of carbonyl (C=O) groups is 7. The van der Waals surface area contributed by atoms with E-state index in [9.17, 15) is 33.6 Å². The van der Waals surface area contributed by atoms with Crippen LogP contribution in [0.3, 0.4) is 0 Å². The third-order valence-electron chi connectivity index (χ3n) is 14.2. The number of hydroxylamine groups is 2. The van der Waals surface area contributed by atoms with E-state index in [1.54, 1.807) is 42.5 Å². The second kappa shape index (κ2) is 22.7. The third kappa shape index (κ3) is 11.1. The highest BCUT2D eigenvalue weighted by atomic mass is 16.7. The minimum Gasteiger partial charge on any atom is -0.493 e. The predicted molar refractivity (Wildman–Crippen MR) is 284 cm³/mol. The van der Waals surface area contributed by atoms with Gasteiger partial charge in [-0.05, 0) is 85.0 Å². The number of hydrogen-bond donors (Lipinski definition) is 4. The van der Waals surface area contributed by atoms with Crippen LogP contribution < -0.4 is 50.0 Å². The molecule has 21 nitrogen and oxygen atoms in total. The van der Waals surface area contributed by atoms with Gasteiger partial charge in [-0.2, -0.15) is 0 Å². The SMILES string of the molecule is COc1cc2c(cc1OCc1cc(COc3cc4c(cc3OC)COCN3c5ccccc5C[C@H]3CN4)cc(C(=O)N[C@@H](C)C(=O)N[C@@H](C)C(=O)NCCC(=O)ON3C(=O)CCC3=O)c1)N=C[C@@H]1Cc3ccccc3N1C2=O. The molecule has 1 fully saturated rings. The molecular formula is C57H58N8O13. The Morgan fingerprint density at radius 2 is 1.40 bits per heavy atom. The van der Waals surface area contributed by atoms with E-state index >= 15 is 0 Å². The Kier molecular flexibility index (Phi) is 15.3. The number of methoxy groups -OCH3 is 2. The zero-order chi connectivity index (χ0) is 54.6. The molecule has 0 unspecified atom stereocenters. The van der Waals surface area contributed by atoms with Crippen molar-refractivity contribution >= 4 is 70.4 Å². The Morgan fingerprint density at radius 3 is 2.12 bits per heavy atom. The fourth-order valence-corrected chi connectivity index (χ4v) is 10.1. The van der Waals surface area contributed by atoms with Crippen molar-refractivity contribution in [2.24, 2.45) is 4.99 Å². The molecule has 0 spiro atoms. The summed E-state index contributed by atoms with van der Waals surface area (Å²) in [7, 11) is 3.04. The fraction of sp³-hybridized carbons (Fsp3) is 0.333.